The molecule has 6 nitrogen and oxygen atoms in total. The number of rotatable bonds is 7. The first-order valence-corrected chi connectivity index (χ1v) is 10.6. The summed E-state index contributed by atoms with van der Waals surface area (Å²) >= 11 is 1.70. The topological polar surface area (TPSA) is 79.8 Å². The molecule has 0 amide bonds. The van der Waals surface area contributed by atoms with Crippen LogP contribution >= 0.6 is 35.3 Å². The summed E-state index contributed by atoms with van der Waals surface area (Å²) in [5.41, 5.74) is 0. The van der Waals surface area contributed by atoms with E-state index in [4.69, 9.17) is 4.74 Å². The lowest BCUT2D eigenvalue weighted by Gasteiger charge is -2.17. The highest BCUT2D eigenvalue weighted by molar-refractivity contribution is 14.0. The summed E-state index contributed by atoms with van der Waals surface area (Å²) in [7, 11) is -1.46. The van der Waals surface area contributed by atoms with Gasteiger partial charge in [0.05, 0.1) is 17.5 Å². The van der Waals surface area contributed by atoms with Crippen molar-refractivity contribution in [3.63, 3.8) is 0 Å². The minimum absolute atomic E-state index is 0. The summed E-state index contributed by atoms with van der Waals surface area (Å²) in [5.74, 6) is 1.33. The fourth-order valence-corrected chi connectivity index (χ4v) is 3.49. The van der Waals surface area contributed by atoms with Crippen LogP contribution in [0, 0.1) is 0 Å². The smallest absolute Gasteiger partial charge is 0.191 e. The maximum Gasteiger partial charge on any atom is 0.191 e. The minimum Gasteiger partial charge on any atom is -0.492 e. The first kappa shape index (κ1) is 22.7. The van der Waals surface area contributed by atoms with E-state index in [0.717, 1.165) is 0 Å². The first-order chi connectivity index (χ1) is 11.9. The van der Waals surface area contributed by atoms with E-state index in [-0.39, 0.29) is 34.9 Å². The predicted molar refractivity (Wildman–Crippen MR) is 118 cm³/mol. The maximum atomic E-state index is 11.4. The van der Waals surface area contributed by atoms with Gasteiger partial charge in [-0.05, 0) is 42.6 Å². The van der Waals surface area contributed by atoms with E-state index in [1.54, 1.807) is 42.6 Å². The van der Waals surface area contributed by atoms with Crippen molar-refractivity contribution in [3.8, 4) is 5.75 Å². The molecule has 0 saturated heterocycles. The molecule has 0 bridgehead atoms. The van der Waals surface area contributed by atoms with Crippen molar-refractivity contribution >= 4 is 51.1 Å². The fraction of sp³-hybridized carbons (Fsp3) is 0.353. The van der Waals surface area contributed by atoms with Gasteiger partial charge in [-0.3, -0.25) is 4.99 Å². The van der Waals surface area contributed by atoms with Crippen molar-refractivity contribution in [2.45, 2.75) is 17.9 Å². The Hall–Kier alpha value is -1.33. The number of nitrogens with zero attached hydrogens (tertiary/aromatic N) is 1. The summed E-state index contributed by atoms with van der Waals surface area (Å²) in [4.78, 5) is 5.72. The summed E-state index contributed by atoms with van der Waals surface area (Å²) in [6.07, 6.45) is 1.18. The van der Waals surface area contributed by atoms with Crippen molar-refractivity contribution in [1.29, 1.82) is 0 Å². The van der Waals surface area contributed by atoms with Crippen LogP contribution in [0.2, 0.25) is 0 Å². The Morgan fingerprint density at radius 1 is 1.27 bits per heavy atom. The Kier molecular flexibility index (Phi) is 9.37. The van der Waals surface area contributed by atoms with Crippen LogP contribution in [0.4, 0.5) is 0 Å². The van der Waals surface area contributed by atoms with Crippen molar-refractivity contribution in [2.75, 3.05) is 26.5 Å². The average Bonchev–Trinajstić information content (AvgIpc) is 3.11. The number of benzene rings is 1. The van der Waals surface area contributed by atoms with Gasteiger partial charge in [0.1, 0.15) is 12.4 Å². The third kappa shape index (κ3) is 7.12. The molecular weight excluding hydrogens is 485 g/mol. The second kappa shape index (κ2) is 10.7. The Bertz CT molecular complexity index is 791. The molecular formula is C17H24IN3O3S2. The highest BCUT2D eigenvalue weighted by Gasteiger charge is 2.08. The molecule has 2 aromatic rings. The van der Waals surface area contributed by atoms with E-state index in [1.165, 1.54) is 11.1 Å². The van der Waals surface area contributed by atoms with Crippen LogP contribution in [0.1, 0.15) is 17.8 Å². The second-order valence-corrected chi connectivity index (χ2v) is 8.47. The highest BCUT2D eigenvalue weighted by atomic mass is 127. The molecule has 0 spiro atoms. The molecule has 2 rings (SSSR count). The zero-order chi connectivity index (χ0) is 18.3. The fourth-order valence-electron chi connectivity index (χ4n) is 2.13. The molecule has 1 unspecified atom stereocenters. The van der Waals surface area contributed by atoms with Gasteiger partial charge in [-0.25, -0.2) is 8.42 Å². The quantitative estimate of drug-likeness (QED) is 0.260. The van der Waals surface area contributed by atoms with Crippen molar-refractivity contribution < 1.29 is 13.2 Å². The van der Waals surface area contributed by atoms with Gasteiger partial charge < -0.3 is 15.4 Å². The zero-order valence-corrected chi connectivity index (χ0v) is 18.9. The standard InChI is InChI=1S/C17H23N3O3S2.HI/c1-13(16-5-4-12-24-16)20-17(18-2)19-10-11-23-14-6-8-15(9-7-14)25(3,21)22;/h4-9,12-13H,10-11H2,1-3H3,(H2,18,19,20);1H. The Morgan fingerprint density at radius 2 is 1.96 bits per heavy atom. The van der Waals surface area contributed by atoms with Crippen LogP contribution in [0.15, 0.2) is 51.7 Å². The van der Waals surface area contributed by atoms with E-state index in [2.05, 4.69) is 28.6 Å². The molecule has 0 radical (unpaired) electrons. The molecule has 0 aliphatic carbocycles. The number of thiophene rings is 1. The molecule has 2 N–H and O–H groups in total. The number of sulfone groups is 1. The number of nitrogens with one attached hydrogen (secondary N) is 2. The van der Waals surface area contributed by atoms with Crippen LogP contribution in [0.5, 0.6) is 5.75 Å². The van der Waals surface area contributed by atoms with Gasteiger partial charge in [-0.1, -0.05) is 6.07 Å². The van der Waals surface area contributed by atoms with Crippen molar-refractivity contribution in [3.05, 3.63) is 46.7 Å². The molecule has 1 atom stereocenters. The van der Waals surface area contributed by atoms with E-state index in [9.17, 15) is 8.42 Å². The lowest BCUT2D eigenvalue weighted by molar-refractivity contribution is 0.321. The lowest BCUT2D eigenvalue weighted by atomic mass is 10.3. The first-order valence-electron chi connectivity index (χ1n) is 7.83. The SMILES string of the molecule is CN=C(NCCOc1ccc(S(C)(=O)=O)cc1)NC(C)c1cccs1.I. The third-order valence-corrected chi connectivity index (χ3v) is 5.65. The second-order valence-electron chi connectivity index (χ2n) is 5.47. The summed E-state index contributed by atoms with van der Waals surface area (Å²) in [6.45, 7) is 3.09. The number of ether oxygens (including phenoxy) is 1. The van der Waals surface area contributed by atoms with E-state index in [1.807, 2.05) is 11.4 Å². The Labute approximate surface area is 176 Å². The van der Waals surface area contributed by atoms with Crippen LogP contribution in [0.25, 0.3) is 0 Å². The van der Waals surface area contributed by atoms with Crippen LogP contribution in [0.3, 0.4) is 0 Å². The number of guanidine groups is 1. The van der Waals surface area contributed by atoms with Gasteiger partial charge in [-0.2, -0.15) is 0 Å². The number of aliphatic imine (C=N–C) groups is 1. The average molecular weight is 509 g/mol. The van der Waals surface area contributed by atoms with E-state index >= 15 is 0 Å². The molecule has 26 heavy (non-hydrogen) atoms. The molecule has 0 aliphatic heterocycles. The zero-order valence-electron chi connectivity index (χ0n) is 14.9. The van der Waals surface area contributed by atoms with Crippen LogP contribution in [-0.2, 0) is 9.84 Å². The molecule has 0 saturated carbocycles. The van der Waals surface area contributed by atoms with E-state index in [0.29, 0.717) is 24.9 Å². The van der Waals surface area contributed by atoms with Gasteiger partial charge >= 0.3 is 0 Å². The monoisotopic (exact) mass is 509 g/mol. The number of hydrogen-bond donors (Lipinski definition) is 2. The van der Waals surface area contributed by atoms with Gasteiger partial charge in [0.15, 0.2) is 15.8 Å². The minimum atomic E-state index is -3.18. The predicted octanol–water partition coefficient (Wildman–Crippen LogP) is 3.07. The van der Waals surface area contributed by atoms with Crippen LogP contribution in [-0.4, -0.2) is 40.8 Å². The third-order valence-electron chi connectivity index (χ3n) is 3.46. The molecule has 0 aliphatic rings. The lowest BCUT2D eigenvalue weighted by Crippen LogP contribution is -2.40. The summed E-state index contributed by atoms with van der Waals surface area (Å²) < 4.78 is 28.4. The van der Waals surface area contributed by atoms with Crippen LogP contribution < -0.4 is 15.4 Å². The van der Waals surface area contributed by atoms with E-state index < -0.39 is 9.84 Å². The van der Waals surface area contributed by atoms with Crippen molar-refractivity contribution in [2.24, 2.45) is 4.99 Å². The van der Waals surface area contributed by atoms with Gasteiger partial charge in [-0.15, -0.1) is 35.3 Å². The Morgan fingerprint density at radius 3 is 2.50 bits per heavy atom. The van der Waals surface area contributed by atoms with Crippen molar-refractivity contribution in [1.82, 2.24) is 10.6 Å². The molecule has 1 heterocycles. The summed E-state index contributed by atoms with van der Waals surface area (Å²) in [6, 6.07) is 10.7. The highest BCUT2D eigenvalue weighted by Crippen LogP contribution is 2.18. The summed E-state index contributed by atoms with van der Waals surface area (Å²) in [5, 5.41) is 8.56. The molecule has 1 aromatic carbocycles. The maximum absolute atomic E-state index is 11.4. The van der Waals surface area contributed by atoms with Gasteiger partial charge in [0.2, 0.25) is 0 Å². The largest absolute Gasteiger partial charge is 0.492 e. The molecule has 1 aromatic heterocycles. The Balaban J connectivity index is 0.00000338. The number of halogens is 1. The molecule has 0 fully saturated rings. The van der Waals surface area contributed by atoms with Gasteiger partial charge in [0.25, 0.3) is 0 Å². The normalized spacial score (nSPS) is 12.8. The van der Waals surface area contributed by atoms with Gasteiger partial charge in [0, 0.05) is 18.2 Å². The molecule has 9 heteroatoms. The number of hydrogen-bond acceptors (Lipinski definition) is 5. The molecule has 144 valence electrons.